The van der Waals surface area contributed by atoms with Gasteiger partial charge in [0, 0.05) is 11.1 Å². The summed E-state index contributed by atoms with van der Waals surface area (Å²) in [6.45, 7) is 3.90. The number of amides is 1. The van der Waals surface area contributed by atoms with Crippen molar-refractivity contribution < 1.29 is 9.21 Å². The van der Waals surface area contributed by atoms with Crippen molar-refractivity contribution in [3.63, 3.8) is 0 Å². The van der Waals surface area contributed by atoms with Gasteiger partial charge < -0.3 is 4.42 Å². The van der Waals surface area contributed by atoms with Crippen LogP contribution in [0.15, 0.2) is 52.9 Å². The molecule has 3 aromatic rings. The van der Waals surface area contributed by atoms with E-state index in [1.54, 1.807) is 0 Å². The van der Waals surface area contributed by atoms with Gasteiger partial charge in [-0.15, -0.1) is 5.10 Å². The summed E-state index contributed by atoms with van der Waals surface area (Å²) >= 11 is 0. The first-order chi connectivity index (χ1) is 10.6. The van der Waals surface area contributed by atoms with Gasteiger partial charge >= 0.3 is 6.01 Å². The van der Waals surface area contributed by atoms with Crippen LogP contribution in [-0.4, -0.2) is 16.1 Å². The maximum atomic E-state index is 12.2. The lowest BCUT2D eigenvalue weighted by Gasteiger charge is -2.03. The van der Waals surface area contributed by atoms with Crippen molar-refractivity contribution in [2.45, 2.75) is 13.8 Å². The minimum atomic E-state index is -0.268. The van der Waals surface area contributed by atoms with Crippen LogP contribution in [0, 0.1) is 13.8 Å². The Morgan fingerprint density at radius 2 is 1.68 bits per heavy atom. The van der Waals surface area contributed by atoms with Gasteiger partial charge in [0.2, 0.25) is 5.89 Å². The van der Waals surface area contributed by atoms with Crippen molar-refractivity contribution in [3.05, 3.63) is 65.2 Å². The molecule has 5 heteroatoms. The zero-order chi connectivity index (χ0) is 15.5. The summed E-state index contributed by atoms with van der Waals surface area (Å²) in [5.74, 6) is 0.103. The van der Waals surface area contributed by atoms with Crippen LogP contribution < -0.4 is 5.32 Å². The second-order valence-electron chi connectivity index (χ2n) is 5.11. The smallest absolute Gasteiger partial charge is 0.322 e. The maximum absolute atomic E-state index is 12.2. The number of carbonyl (C=O) groups excluding carboxylic acids is 1. The average Bonchev–Trinajstić information content (AvgIpc) is 2.95. The van der Waals surface area contributed by atoms with Crippen LogP contribution in [0.1, 0.15) is 21.5 Å². The first-order valence-corrected chi connectivity index (χ1v) is 6.90. The highest BCUT2D eigenvalue weighted by atomic mass is 16.4. The lowest BCUT2D eigenvalue weighted by Crippen LogP contribution is -2.12. The Morgan fingerprint density at radius 3 is 2.36 bits per heavy atom. The second-order valence-corrected chi connectivity index (χ2v) is 5.11. The van der Waals surface area contributed by atoms with Gasteiger partial charge in [0.25, 0.3) is 5.91 Å². The van der Waals surface area contributed by atoms with Crippen LogP contribution in [0.5, 0.6) is 0 Å². The van der Waals surface area contributed by atoms with Gasteiger partial charge in [0.15, 0.2) is 0 Å². The molecule has 0 saturated heterocycles. The standard InChI is InChI=1S/C17H15N3O2/c1-11-8-12(2)10-14(9-11)15(21)18-17-20-19-16(22-17)13-6-4-3-5-7-13/h3-10H,1-2H3,(H,18,20,21). The Balaban J connectivity index is 1.79. The van der Waals surface area contributed by atoms with E-state index in [0.29, 0.717) is 11.5 Å². The topological polar surface area (TPSA) is 68.0 Å². The van der Waals surface area contributed by atoms with E-state index in [1.807, 2.05) is 62.4 Å². The molecular formula is C17H15N3O2. The molecule has 1 N–H and O–H groups in total. The molecule has 0 aliphatic rings. The number of carbonyl (C=O) groups is 1. The van der Waals surface area contributed by atoms with Crippen LogP contribution in [0.4, 0.5) is 6.01 Å². The van der Waals surface area contributed by atoms with Gasteiger partial charge in [0.05, 0.1) is 0 Å². The van der Waals surface area contributed by atoms with E-state index in [-0.39, 0.29) is 11.9 Å². The predicted octanol–water partition coefficient (Wildman–Crippen LogP) is 3.61. The fourth-order valence-corrected chi connectivity index (χ4v) is 2.25. The molecule has 0 unspecified atom stereocenters. The van der Waals surface area contributed by atoms with E-state index in [4.69, 9.17) is 4.42 Å². The summed E-state index contributed by atoms with van der Waals surface area (Å²) < 4.78 is 5.47. The fraction of sp³-hybridized carbons (Fsp3) is 0.118. The molecule has 0 aliphatic carbocycles. The normalized spacial score (nSPS) is 10.5. The SMILES string of the molecule is Cc1cc(C)cc(C(=O)Nc2nnc(-c3ccccc3)o2)c1. The quantitative estimate of drug-likeness (QED) is 0.801. The molecule has 0 radical (unpaired) electrons. The lowest BCUT2D eigenvalue weighted by atomic mass is 10.1. The Morgan fingerprint density at radius 1 is 1.00 bits per heavy atom. The van der Waals surface area contributed by atoms with Crippen LogP contribution in [0.3, 0.4) is 0 Å². The van der Waals surface area contributed by atoms with Crippen LogP contribution in [-0.2, 0) is 0 Å². The highest BCUT2D eigenvalue weighted by Gasteiger charge is 2.13. The van der Waals surface area contributed by atoms with E-state index in [9.17, 15) is 4.79 Å². The molecule has 0 aliphatic heterocycles. The zero-order valence-electron chi connectivity index (χ0n) is 12.3. The molecule has 1 heterocycles. The number of aryl methyl sites for hydroxylation is 2. The number of anilines is 1. The molecule has 110 valence electrons. The van der Waals surface area contributed by atoms with E-state index in [1.165, 1.54) is 0 Å². The highest BCUT2D eigenvalue weighted by molar-refractivity contribution is 6.03. The number of benzene rings is 2. The predicted molar refractivity (Wildman–Crippen MR) is 83.6 cm³/mol. The molecule has 1 amide bonds. The monoisotopic (exact) mass is 293 g/mol. The molecule has 22 heavy (non-hydrogen) atoms. The minimum absolute atomic E-state index is 0.0861. The number of rotatable bonds is 3. The van der Waals surface area contributed by atoms with Crippen molar-refractivity contribution >= 4 is 11.9 Å². The Labute approximate surface area is 128 Å². The number of aromatic nitrogens is 2. The summed E-state index contributed by atoms with van der Waals surface area (Å²) in [5, 5.41) is 10.4. The summed E-state index contributed by atoms with van der Waals surface area (Å²) in [4.78, 5) is 12.2. The highest BCUT2D eigenvalue weighted by Crippen LogP contribution is 2.19. The summed E-state index contributed by atoms with van der Waals surface area (Å²) in [6.07, 6.45) is 0. The van der Waals surface area contributed by atoms with Gasteiger partial charge in [-0.05, 0) is 38.1 Å². The van der Waals surface area contributed by atoms with E-state index in [0.717, 1.165) is 16.7 Å². The van der Waals surface area contributed by atoms with Crippen molar-refractivity contribution in [3.8, 4) is 11.5 Å². The van der Waals surface area contributed by atoms with Crippen LogP contribution >= 0.6 is 0 Å². The molecule has 0 fully saturated rings. The third kappa shape index (κ3) is 3.03. The molecule has 0 saturated carbocycles. The molecule has 0 spiro atoms. The van der Waals surface area contributed by atoms with Gasteiger partial charge in [-0.25, -0.2) is 0 Å². The molecule has 5 nitrogen and oxygen atoms in total. The van der Waals surface area contributed by atoms with Gasteiger partial charge in [0.1, 0.15) is 0 Å². The Bertz CT molecular complexity index is 790. The van der Waals surface area contributed by atoms with E-state index in [2.05, 4.69) is 15.5 Å². The van der Waals surface area contributed by atoms with Crippen molar-refractivity contribution in [2.75, 3.05) is 5.32 Å². The fourth-order valence-electron chi connectivity index (χ4n) is 2.25. The largest absolute Gasteiger partial charge is 0.403 e. The van der Waals surface area contributed by atoms with Crippen molar-refractivity contribution in [1.29, 1.82) is 0 Å². The number of hydrogen-bond acceptors (Lipinski definition) is 4. The average molecular weight is 293 g/mol. The van der Waals surface area contributed by atoms with E-state index >= 15 is 0 Å². The number of nitrogens with zero attached hydrogens (tertiary/aromatic N) is 2. The van der Waals surface area contributed by atoms with Gasteiger partial charge in [-0.3, -0.25) is 10.1 Å². The molecule has 1 aromatic heterocycles. The number of nitrogens with one attached hydrogen (secondary N) is 1. The molecule has 0 bridgehead atoms. The van der Waals surface area contributed by atoms with Crippen molar-refractivity contribution in [1.82, 2.24) is 10.2 Å². The van der Waals surface area contributed by atoms with Gasteiger partial charge in [-0.1, -0.05) is 40.5 Å². The zero-order valence-corrected chi connectivity index (χ0v) is 12.3. The van der Waals surface area contributed by atoms with Crippen LogP contribution in [0.25, 0.3) is 11.5 Å². The minimum Gasteiger partial charge on any atom is -0.403 e. The van der Waals surface area contributed by atoms with Crippen LogP contribution in [0.2, 0.25) is 0 Å². The third-order valence-electron chi connectivity index (χ3n) is 3.15. The summed E-state index contributed by atoms with van der Waals surface area (Å²) in [5.41, 5.74) is 3.43. The number of hydrogen-bond donors (Lipinski definition) is 1. The van der Waals surface area contributed by atoms with E-state index < -0.39 is 0 Å². The summed E-state index contributed by atoms with van der Waals surface area (Å²) in [6, 6.07) is 15.1. The summed E-state index contributed by atoms with van der Waals surface area (Å²) in [7, 11) is 0. The third-order valence-corrected chi connectivity index (χ3v) is 3.15. The second kappa shape index (κ2) is 5.81. The molecule has 2 aromatic carbocycles. The first kappa shape index (κ1) is 14.0. The van der Waals surface area contributed by atoms with Crippen molar-refractivity contribution in [2.24, 2.45) is 0 Å². The molecule has 3 rings (SSSR count). The lowest BCUT2D eigenvalue weighted by molar-refractivity contribution is 0.102. The maximum Gasteiger partial charge on any atom is 0.322 e. The Hall–Kier alpha value is -2.95. The molecular weight excluding hydrogens is 278 g/mol. The molecule has 0 atom stereocenters. The Kier molecular flexibility index (Phi) is 3.70. The van der Waals surface area contributed by atoms with Gasteiger partial charge in [-0.2, -0.15) is 0 Å². The first-order valence-electron chi connectivity index (χ1n) is 6.90.